The molecule has 2 fully saturated rings. The highest BCUT2D eigenvalue weighted by Crippen LogP contribution is 2.61. The average Bonchev–Trinajstić information content (AvgIpc) is 3.53. The second kappa shape index (κ2) is 19.6. The van der Waals surface area contributed by atoms with Crippen LogP contribution >= 0.6 is 35.2 Å². The number of nitrogen functional groups attached to an aromatic ring is 1. The minimum absolute atomic E-state index is 0.0323. The lowest BCUT2D eigenvalue weighted by Crippen LogP contribution is -2.46. The molecular formula is C28H48N7O16P3S. The van der Waals surface area contributed by atoms with Crippen molar-refractivity contribution in [2.75, 3.05) is 37.8 Å². The number of rotatable bonds is 20. The molecule has 2 aromatic rings. The summed E-state index contributed by atoms with van der Waals surface area (Å²) in [6.45, 7) is 0.989. The number of hydrogen-bond donors (Lipinski definition) is 9. The van der Waals surface area contributed by atoms with Crippen molar-refractivity contribution in [2.45, 2.75) is 94.7 Å². The number of carbonyl (C=O) groups excluding carboxylic acids is 2. The number of nitrogens with zero attached hydrogens (tertiary/aromatic N) is 4. The van der Waals surface area contributed by atoms with E-state index in [-0.39, 0.29) is 35.9 Å². The normalized spacial score (nSPS) is 24.1. The van der Waals surface area contributed by atoms with Crippen LogP contribution in [0, 0.1) is 5.41 Å². The van der Waals surface area contributed by atoms with Crippen molar-refractivity contribution in [3.8, 4) is 0 Å². The Balaban J connectivity index is 1.23. The maximum atomic E-state index is 12.7. The van der Waals surface area contributed by atoms with Crippen molar-refractivity contribution in [2.24, 2.45) is 5.41 Å². The Morgan fingerprint density at radius 3 is 2.38 bits per heavy atom. The number of nitrogens with two attached hydrogens (primary N) is 1. The predicted molar refractivity (Wildman–Crippen MR) is 194 cm³/mol. The van der Waals surface area contributed by atoms with E-state index >= 15 is 0 Å². The first kappa shape index (κ1) is 45.6. The van der Waals surface area contributed by atoms with E-state index in [1.807, 2.05) is 11.8 Å². The Hall–Kier alpha value is -2.11. The smallest absolute Gasteiger partial charge is 0.386 e. The van der Waals surface area contributed by atoms with Crippen molar-refractivity contribution in [1.29, 1.82) is 0 Å². The molecule has 1 saturated heterocycles. The zero-order valence-electron chi connectivity index (χ0n) is 30.0. The molecule has 10 N–H and O–H groups in total. The van der Waals surface area contributed by atoms with Gasteiger partial charge in [-0.2, -0.15) is 16.1 Å². The van der Waals surface area contributed by atoms with Gasteiger partial charge >= 0.3 is 23.5 Å². The van der Waals surface area contributed by atoms with Crippen molar-refractivity contribution < 1.29 is 75.7 Å². The van der Waals surface area contributed by atoms with Gasteiger partial charge in [0.2, 0.25) is 11.8 Å². The Bertz CT molecular complexity index is 1760. The maximum absolute atomic E-state index is 12.7. The van der Waals surface area contributed by atoms with E-state index in [0.717, 1.165) is 23.0 Å². The second-order valence-electron chi connectivity index (χ2n) is 13.6. The standard InChI is InChI=1S/C28H48N7O16P3S/c1-28(2,23(38)26(39)31-10-9-19(36)30-11-12-55-17-7-5-3-4-6-8-17)14-48-54(45,46)51-53(43,44)47-13-18-22(50-52(40,41)42)21(37)27(49-18)35-16-34-20-24(29)32-15-33-25(20)35/h15-18,21-23,27,37-38H,3-14H2,1-2H3,(H,30,36)(H,31,39)(H,43,44)(H,45,46)(H2,29,32,33)(H2,40,41,42)/t18-,21-,22-,23+,27-/m1/s1. The molecule has 4 rings (SSSR count). The van der Waals surface area contributed by atoms with Gasteiger partial charge in [0.15, 0.2) is 17.7 Å². The fraction of sp³-hybridized carbons (Fsp3) is 0.750. The van der Waals surface area contributed by atoms with Crippen LogP contribution in [-0.2, 0) is 45.9 Å². The number of anilines is 1. The molecule has 0 radical (unpaired) electrons. The topological polar surface area (TPSA) is 347 Å². The lowest BCUT2D eigenvalue weighted by molar-refractivity contribution is -0.137. The summed E-state index contributed by atoms with van der Waals surface area (Å²) in [6.07, 6.45) is 0.663. The van der Waals surface area contributed by atoms with Gasteiger partial charge in [-0.15, -0.1) is 0 Å². The fourth-order valence-corrected chi connectivity index (χ4v) is 9.81. The lowest BCUT2D eigenvalue weighted by atomic mass is 9.87. The highest BCUT2D eigenvalue weighted by Gasteiger charge is 2.50. The Morgan fingerprint density at radius 2 is 1.71 bits per heavy atom. The number of phosphoric ester groups is 3. The van der Waals surface area contributed by atoms with Gasteiger partial charge in [0.05, 0.1) is 19.5 Å². The van der Waals surface area contributed by atoms with Crippen LogP contribution in [0.25, 0.3) is 11.2 Å². The predicted octanol–water partition coefficient (Wildman–Crippen LogP) is 0.861. The van der Waals surface area contributed by atoms with Gasteiger partial charge in [0, 0.05) is 35.9 Å². The molecule has 55 heavy (non-hydrogen) atoms. The first-order valence-corrected chi connectivity index (χ1v) is 22.8. The van der Waals surface area contributed by atoms with Crippen LogP contribution in [0.5, 0.6) is 0 Å². The van der Waals surface area contributed by atoms with E-state index in [1.54, 1.807) is 0 Å². The number of carbonyl (C=O) groups is 2. The van der Waals surface area contributed by atoms with Crippen LogP contribution in [0.15, 0.2) is 12.7 Å². The summed E-state index contributed by atoms with van der Waals surface area (Å²) in [4.78, 5) is 75.8. The number of fused-ring (bicyclic) bond motifs is 1. The van der Waals surface area contributed by atoms with E-state index in [9.17, 15) is 53.1 Å². The molecule has 2 aromatic heterocycles. The van der Waals surface area contributed by atoms with Crippen molar-refractivity contribution in [3.63, 3.8) is 0 Å². The minimum Gasteiger partial charge on any atom is -0.386 e. The Morgan fingerprint density at radius 1 is 1.04 bits per heavy atom. The Kier molecular flexibility index (Phi) is 16.2. The largest absolute Gasteiger partial charge is 0.481 e. The number of nitrogens with one attached hydrogen (secondary N) is 2. The van der Waals surface area contributed by atoms with Crippen LogP contribution in [0.3, 0.4) is 0 Å². The van der Waals surface area contributed by atoms with Gasteiger partial charge in [0.25, 0.3) is 0 Å². The summed E-state index contributed by atoms with van der Waals surface area (Å²) in [7, 11) is -16.3. The number of phosphoric acid groups is 3. The zero-order chi connectivity index (χ0) is 40.6. The minimum atomic E-state index is -5.54. The highest BCUT2D eigenvalue weighted by molar-refractivity contribution is 7.99. The Labute approximate surface area is 319 Å². The highest BCUT2D eigenvalue weighted by atomic mass is 32.2. The maximum Gasteiger partial charge on any atom is 0.481 e. The molecule has 1 aliphatic carbocycles. The number of aliphatic hydroxyl groups excluding tert-OH is 2. The molecule has 2 aliphatic rings. The van der Waals surface area contributed by atoms with Gasteiger partial charge in [0.1, 0.15) is 36.3 Å². The number of thioether (sulfide) groups is 1. The molecule has 23 nitrogen and oxygen atoms in total. The van der Waals surface area contributed by atoms with Crippen LogP contribution in [0.1, 0.15) is 65.0 Å². The molecule has 3 heterocycles. The van der Waals surface area contributed by atoms with Crippen molar-refractivity contribution >= 4 is 64.0 Å². The quantitative estimate of drug-likeness (QED) is 0.0506. The molecular weight excluding hydrogens is 815 g/mol. The number of hydrogen-bond acceptors (Lipinski definition) is 17. The third kappa shape index (κ3) is 13.8. The van der Waals surface area contributed by atoms with Crippen LogP contribution in [0.4, 0.5) is 5.82 Å². The third-order valence-electron chi connectivity index (χ3n) is 8.66. The number of amides is 2. The number of aliphatic hydroxyl groups is 2. The second-order valence-corrected chi connectivity index (χ2v) is 19.2. The van der Waals surface area contributed by atoms with Gasteiger partial charge in [-0.1, -0.05) is 39.5 Å². The summed E-state index contributed by atoms with van der Waals surface area (Å²) in [5, 5.41) is 27.3. The van der Waals surface area contributed by atoms with E-state index in [2.05, 4.69) is 34.4 Å². The van der Waals surface area contributed by atoms with Crippen molar-refractivity contribution in [1.82, 2.24) is 30.2 Å². The first-order valence-electron chi connectivity index (χ1n) is 17.2. The van der Waals surface area contributed by atoms with Crippen LogP contribution in [0.2, 0.25) is 0 Å². The molecule has 312 valence electrons. The number of aromatic nitrogens is 4. The SMILES string of the molecule is CC(C)(COP(=O)(O)OP(=O)(O)OC[C@H]1O[C@@H](n2cnc3c(N)ncnc32)[C@H](O)[C@@H]1OP(=O)(O)O)[C@@H](O)C(=O)NCCC(=O)NCCSC1CCCCCC1. The van der Waals surface area contributed by atoms with Crippen LogP contribution in [-0.4, -0.2) is 123 Å². The fourth-order valence-electron chi connectivity index (χ4n) is 5.76. The number of ether oxygens (including phenoxy) is 1. The monoisotopic (exact) mass is 863 g/mol. The van der Waals surface area contributed by atoms with Gasteiger partial charge < -0.3 is 50.9 Å². The van der Waals surface area contributed by atoms with E-state index < -0.39 is 78.6 Å². The summed E-state index contributed by atoms with van der Waals surface area (Å²) in [6, 6.07) is 0. The molecule has 2 unspecified atom stereocenters. The molecule has 1 saturated carbocycles. The molecule has 0 bridgehead atoms. The van der Waals surface area contributed by atoms with Gasteiger partial charge in [-0.05, 0) is 12.8 Å². The average molecular weight is 864 g/mol. The molecule has 27 heteroatoms. The van der Waals surface area contributed by atoms with Crippen LogP contribution < -0.4 is 16.4 Å². The summed E-state index contributed by atoms with van der Waals surface area (Å²) in [5.74, 6) is -0.465. The van der Waals surface area contributed by atoms with E-state index in [4.69, 9.17) is 19.5 Å². The zero-order valence-corrected chi connectivity index (χ0v) is 33.5. The molecule has 0 spiro atoms. The summed E-state index contributed by atoms with van der Waals surface area (Å²) < 4.78 is 62.2. The molecule has 0 aromatic carbocycles. The van der Waals surface area contributed by atoms with E-state index in [0.29, 0.717) is 11.8 Å². The van der Waals surface area contributed by atoms with E-state index in [1.165, 1.54) is 52.4 Å². The molecule has 7 atom stereocenters. The first-order chi connectivity index (χ1) is 25.7. The van der Waals surface area contributed by atoms with Gasteiger partial charge in [-0.3, -0.25) is 27.7 Å². The summed E-state index contributed by atoms with van der Waals surface area (Å²) in [5.41, 5.74) is 4.33. The van der Waals surface area contributed by atoms with Gasteiger partial charge in [-0.25, -0.2) is 28.6 Å². The summed E-state index contributed by atoms with van der Waals surface area (Å²) >= 11 is 1.84. The lowest BCUT2D eigenvalue weighted by Gasteiger charge is -2.30. The van der Waals surface area contributed by atoms with Crippen molar-refractivity contribution in [3.05, 3.63) is 12.7 Å². The molecule has 1 aliphatic heterocycles. The molecule has 2 amide bonds. The third-order valence-corrected chi connectivity index (χ3v) is 13.1. The number of imidazole rings is 1.